The predicted octanol–water partition coefficient (Wildman–Crippen LogP) is 4.08. The highest BCUT2D eigenvalue weighted by Crippen LogP contribution is 2.64. The molecule has 27 heavy (non-hydrogen) atoms. The van der Waals surface area contributed by atoms with Gasteiger partial charge in [-0.2, -0.15) is 0 Å². The molecule has 3 rings (SSSR count). The summed E-state index contributed by atoms with van der Waals surface area (Å²) in [5.74, 6) is -0.501. The lowest BCUT2D eigenvalue weighted by Gasteiger charge is -2.22. The number of benzene rings is 2. The molecular formula is C21H23F2NO3. The number of carbonyl (C=O) groups is 1. The Labute approximate surface area is 157 Å². The first-order valence-corrected chi connectivity index (χ1v) is 8.70. The molecule has 4 nitrogen and oxygen atoms in total. The molecule has 1 amide bonds. The van der Waals surface area contributed by atoms with Gasteiger partial charge in [-0.25, -0.2) is 8.78 Å². The molecule has 0 bridgehead atoms. The van der Waals surface area contributed by atoms with Crippen molar-refractivity contribution in [1.82, 2.24) is 5.32 Å². The zero-order valence-electron chi connectivity index (χ0n) is 15.9. The van der Waals surface area contributed by atoms with E-state index in [2.05, 4.69) is 5.32 Å². The molecule has 1 aliphatic carbocycles. The van der Waals surface area contributed by atoms with E-state index in [0.717, 1.165) is 6.07 Å². The first-order chi connectivity index (χ1) is 12.7. The molecule has 1 saturated carbocycles. The maximum atomic E-state index is 14.4. The summed E-state index contributed by atoms with van der Waals surface area (Å²) in [5.41, 5.74) is 0.0930. The van der Waals surface area contributed by atoms with Crippen LogP contribution in [0.1, 0.15) is 36.2 Å². The molecule has 1 atom stereocenters. The molecule has 144 valence electrons. The third-order valence-electron chi connectivity index (χ3n) is 5.56. The van der Waals surface area contributed by atoms with Gasteiger partial charge in [0.1, 0.15) is 11.6 Å². The summed E-state index contributed by atoms with van der Waals surface area (Å²) in [7, 11) is 3.02. The van der Waals surface area contributed by atoms with E-state index in [1.807, 2.05) is 13.8 Å². The van der Waals surface area contributed by atoms with Crippen molar-refractivity contribution in [2.45, 2.75) is 25.7 Å². The zero-order chi connectivity index (χ0) is 19.8. The minimum Gasteiger partial charge on any atom is -0.493 e. The second-order valence-corrected chi connectivity index (χ2v) is 7.52. The molecule has 0 spiro atoms. The Kier molecular flexibility index (Phi) is 4.84. The fraction of sp³-hybridized carbons (Fsp3) is 0.381. The minimum absolute atomic E-state index is 0.198. The van der Waals surface area contributed by atoms with Crippen molar-refractivity contribution in [3.05, 3.63) is 59.2 Å². The normalized spacial score (nSPS) is 20.1. The average Bonchev–Trinajstić information content (AvgIpc) is 3.20. The number of methoxy groups -OCH3 is 2. The Bertz CT molecular complexity index is 882. The third-order valence-corrected chi connectivity index (χ3v) is 5.56. The van der Waals surface area contributed by atoms with Crippen LogP contribution < -0.4 is 14.8 Å². The minimum atomic E-state index is -0.612. The van der Waals surface area contributed by atoms with Crippen LogP contribution in [0.4, 0.5) is 8.78 Å². The van der Waals surface area contributed by atoms with Crippen molar-refractivity contribution in [3.63, 3.8) is 0 Å². The van der Waals surface area contributed by atoms with Gasteiger partial charge in [0, 0.05) is 23.6 Å². The molecular weight excluding hydrogens is 352 g/mol. The van der Waals surface area contributed by atoms with Crippen LogP contribution in [0.5, 0.6) is 11.5 Å². The van der Waals surface area contributed by atoms with Gasteiger partial charge in [0.05, 0.1) is 14.2 Å². The molecule has 1 unspecified atom stereocenters. The van der Waals surface area contributed by atoms with Crippen LogP contribution in [0.3, 0.4) is 0 Å². The monoisotopic (exact) mass is 375 g/mol. The molecule has 0 radical (unpaired) electrons. The molecule has 0 heterocycles. The van der Waals surface area contributed by atoms with E-state index in [1.54, 1.807) is 18.2 Å². The van der Waals surface area contributed by atoms with Crippen molar-refractivity contribution in [2.75, 3.05) is 20.8 Å². The van der Waals surface area contributed by atoms with E-state index in [4.69, 9.17) is 9.47 Å². The molecule has 2 aromatic rings. The summed E-state index contributed by atoms with van der Waals surface area (Å²) in [6.07, 6.45) is 0.703. The zero-order valence-corrected chi connectivity index (χ0v) is 15.9. The molecule has 1 fully saturated rings. The molecule has 2 aromatic carbocycles. The van der Waals surface area contributed by atoms with E-state index in [0.29, 0.717) is 29.0 Å². The quantitative estimate of drug-likeness (QED) is 0.828. The largest absolute Gasteiger partial charge is 0.493 e. The molecule has 0 aliphatic heterocycles. The van der Waals surface area contributed by atoms with Gasteiger partial charge in [-0.05, 0) is 41.7 Å². The standard InChI is InChI=1S/C21H23F2NO3/c1-20(2)11-21(20,15-7-6-14(22)10-16(15)23)12-24-19(25)13-5-8-17(26-3)18(9-13)27-4/h5-10H,11-12H2,1-4H3,(H,24,25). The lowest BCUT2D eigenvalue weighted by atomic mass is 9.87. The summed E-state index contributed by atoms with van der Waals surface area (Å²) >= 11 is 0. The first-order valence-electron chi connectivity index (χ1n) is 8.70. The average molecular weight is 375 g/mol. The number of rotatable bonds is 6. The van der Waals surface area contributed by atoms with E-state index < -0.39 is 17.0 Å². The Balaban J connectivity index is 1.81. The van der Waals surface area contributed by atoms with Gasteiger partial charge >= 0.3 is 0 Å². The SMILES string of the molecule is COc1ccc(C(=O)NCC2(c3ccc(F)cc3F)CC2(C)C)cc1OC. The van der Waals surface area contributed by atoms with Gasteiger partial charge < -0.3 is 14.8 Å². The van der Waals surface area contributed by atoms with Gasteiger partial charge in [0.25, 0.3) is 5.91 Å². The number of hydrogen-bond acceptors (Lipinski definition) is 3. The van der Waals surface area contributed by atoms with Crippen molar-refractivity contribution in [3.8, 4) is 11.5 Å². The van der Waals surface area contributed by atoms with Crippen LogP contribution in [0.2, 0.25) is 0 Å². The molecule has 0 saturated heterocycles. The molecule has 0 aromatic heterocycles. The Morgan fingerprint density at radius 1 is 1.07 bits per heavy atom. The van der Waals surface area contributed by atoms with Gasteiger partial charge in [-0.15, -0.1) is 0 Å². The predicted molar refractivity (Wildman–Crippen MR) is 98.3 cm³/mol. The topological polar surface area (TPSA) is 47.6 Å². The van der Waals surface area contributed by atoms with E-state index in [-0.39, 0.29) is 17.9 Å². The van der Waals surface area contributed by atoms with Crippen LogP contribution in [0, 0.1) is 17.0 Å². The summed E-state index contributed by atoms with van der Waals surface area (Å²) in [6, 6.07) is 8.51. The van der Waals surface area contributed by atoms with Gasteiger partial charge in [-0.1, -0.05) is 19.9 Å². The Hall–Kier alpha value is -2.63. The van der Waals surface area contributed by atoms with Crippen LogP contribution in [0.25, 0.3) is 0 Å². The van der Waals surface area contributed by atoms with Gasteiger partial charge in [-0.3, -0.25) is 4.79 Å². The number of carbonyl (C=O) groups excluding carboxylic acids is 1. The van der Waals surface area contributed by atoms with Crippen molar-refractivity contribution < 1.29 is 23.0 Å². The van der Waals surface area contributed by atoms with Crippen LogP contribution >= 0.6 is 0 Å². The second-order valence-electron chi connectivity index (χ2n) is 7.52. The summed E-state index contributed by atoms with van der Waals surface area (Å²) in [6.45, 7) is 4.28. The van der Waals surface area contributed by atoms with Crippen LogP contribution in [-0.2, 0) is 5.41 Å². The maximum absolute atomic E-state index is 14.4. The highest BCUT2D eigenvalue weighted by molar-refractivity contribution is 5.95. The molecule has 6 heteroatoms. The lowest BCUT2D eigenvalue weighted by Crippen LogP contribution is -2.35. The molecule has 1 aliphatic rings. The fourth-order valence-corrected chi connectivity index (χ4v) is 3.76. The number of ether oxygens (including phenoxy) is 2. The molecule has 1 N–H and O–H groups in total. The van der Waals surface area contributed by atoms with Crippen molar-refractivity contribution >= 4 is 5.91 Å². The highest BCUT2D eigenvalue weighted by atomic mass is 19.1. The number of halogens is 2. The maximum Gasteiger partial charge on any atom is 0.251 e. The van der Waals surface area contributed by atoms with Crippen molar-refractivity contribution in [2.24, 2.45) is 5.41 Å². The first kappa shape index (κ1) is 19.1. The van der Waals surface area contributed by atoms with E-state index >= 15 is 0 Å². The van der Waals surface area contributed by atoms with Crippen LogP contribution in [-0.4, -0.2) is 26.7 Å². The number of nitrogens with one attached hydrogen (secondary N) is 1. The highest BCUT2D eigenvalue weighted by Gasteiger charge is 2.62. The Morgan fingerprint density at radius 3 is 2.30 bits per heavy atom. The summed E-state index contributed by atoms with van der Waals surface area (Å²) in [5, 5.41) is 2.89. The van der Waals surface area contributed by atoms with Gasteiger partial charge in [0.15, 0.2) is 11.5 Å². The van der Waals surface area contributed by atoms with E-state index in [9.17, 15) is 13.6 Å². The Morgan fingerprint density at radius 2 is 1.74 bits per heavy atom. The summed E-state index contributed by atoms with van der Waals surface area (Å²) in [4.78, 5) is 12.6. The van der Waals surface area contributed by atoms with Crippen molar-refractivity contribution in [1.29, 1.82) is 0 Å². The third kappa shape index (κ3) is 3.36. The van der Waals surface area contributed by atoms with Gasteiger partial charge in [0.2, 0.25) is 0 Å². The number of amides is 1. The van der Waals surface area contributed by atoms with E-state index in [1.165, 1.54) is 26.4 Å². The second kappa shape index (κ2) is 6.83. The number of hydrogen-bond donors (Lipinski definition) is 1. The van der Waals surface area contributed by atoms with Crippen LogP contribution in [0.15, 0.2) is 36.4 Å². The smallest absolute Gasteiger partial charge is 0.251 e. The fourth-order valence-electron chi connectivity index (χ4n) is 3.76. The lowest BCUT2D eigenvalue weighted by molar-refractivity contribution is 0.0947. The summed E-state index contributed by atoms with van der Waals surface area (Å²) < 4.78 is 38.1.